The number of likely N-dealkylation sites (tertiary alicyclic amines) is 1. The molecule has 0 unspecified atom stereocenters. The van der Waals surface area contributed by atoms with E-state index in [0.29, 0.717) is 13.1 Å². The summed E-state index contributed by atoms with van der Waals surface area (Å²) >= 11 is 0. The lowest BCUT2D eigenvalue weighted by molar-refractivity contribution is 0.141. The lowest BCUT2D eigenvalue weighted by atomic mass is 9.92. The number of nitrogens with one attached hydrogen (secondary N) is 1. The van der Waals surface area contributed by atoms with Crippen LogP contribution in [-0.4, -0.2) is 65.4 Å². The van der Waals surface area contributed by atoms with Crippen LogP contribution in [0.4, 0.5) is 4.79 Å². The van der Waals surface area contributed by atoms with Crippen molar-refractivity contribution >= 4 is 6.03 Å². The Morgan fingerprint density at radius 3 is 2.68 bits per heavy atom. The summed E-state index contributed by atoms with van der Waals surface area (Å²) in [5.74, 6) is 1.52. The molecule has 1 aliphatic rings. The van der Waals surface area contributed by atoms with Gasteiger partial charge >= 0.3 is 6.03 Å². The van der Waals surface area contributed by atoms with Crippen molar-refractivity contribution in [1.29, 1.82) is 0 Å². The van der Waals surface area contributed by atoms with Crippen molar-refractivity contribution in [2.45, 2.75) is 26.8 Å². The fourth-order valence-corrected chi connectivity index (χ4v) is 3.22. The SMILES string of the molecule is C[C@@H]1C[C@@H](C)CN(CCNC(=O)N(C)CCn2cccn2)C1. The molecule has 2 heterocycles. The molecule has 0 bridgehead atoms. The second kappa shape index (κ2) is 8.17. The predicted octanol–water partition coefficient (Wildman–Crippen LogP) is 1.50. The summed E-state index contributed by atoms with van der Waals surface area (Å²) in [6.45, 7) is 9.94. The third-order valence-electron chi connectivity index (χ3n) is 4.22. The van der Waals surface area contributed by atoms with Crippen LogP contribution in [0.3, 0.4) is 0 Å². The monoisotopic (exact) mass is 307 g/mol. The molecule has 0 saturated carbocycles. The van der Waals surface area contributed by atoms with Gasteiger partial charge in [0.25, 0.3) is 0 Å². The van der Waals surface area contributed by atoms with Crippen LogP contribution in [0.1, 0.15) is 20.3 Å². The molecule has 1 aliphatic heterocycles. The van der Waals surface area contributed by atoms with Crippen molar-refractivity contribution in [2.24, 2.45) is 11.8 Å². The molecule has 1 aromatic heterocycles. The summed E-state index contributed by atoms with van der Waals surface area (Å²) < 4.78 is 1.83. The third kappa shape index (κ3) is 5.33. The summed E-state index contributed by atoms with van der Waals surface area (Å²) in [6, 6.07) is 1.88. The van der Waals surface area contributed by atoms with Crippen molar-refractivity contribution in [1.82, 2.24) is 24.9 Å². The van der Waals surface area contributed by atoms with E-state index in [1.54, 1.807) is 11.1 Å². The minimum absolute atomic E-state index is 0.00902. The van der Waals surface area contributed by atoms with Gasteiger partial charge < -0.3 is 15.1 Å². The van der Waals surface area contributed by atoms with Crippen LogP contribution in [0.25, 0.3) is 0 Å². The van der Waals surface area contributed by atoms with Gasteiger partial charge in [0.1, 0.15) is 0 Å². The first kappa shape index (κ1) is 16.8. The highest BCUT2D eigenvalue weighted by Crippen LogP contribution is 2.20. The van der Waals surface area contributed by atoms with Gasteiger partial charge in [-0.15, -0.1) is 0 Å². The molecule has 124 valence electrons. The molecule has 0 radical (unpaired) electrons. The molecule has 6 heteroatoms. The van der Waals surface area contributed by atoms with E-state index in [9.17, 15) is 4.79 Å². The fraction of sp³-hybridized carbons (Fsp3) is 0.750. The average Bonchev–Trinajstić information content (AvgIpc) is 2.96. The topological polar surface area (TPSA) is 53.4 Å². The van der Waals surface area contributed by atoms with E-state index < -0.39 is 0 Å². The van der Waals surface area contributed by atoms with Crippen molar-refractivity contribution in [3.63, 3.8) is 0 Å². The van der Waals surface area contributed by atoms with Gasteiger partial charge in [-0.05, 0) is 24.3 Å². The molecule has 0 spiro atoms. The maximum Gasteiger partial charge on any atom is 0.317 e. The maximum absolute atomic E-state index is 12.0. The number of amides is 2. The first-order valence-corrected chi connectivity index (χ1v) is 8.23. The first-order chi connectivity index (χ1) is 10.5. The van der Waals surface area contributed by atoms with Gasteiger partial charge in [-0.25, -0.2) is 4.79 Å². The highest BCUT2D eigenvalue weighted by molar-refractivity contribution is 5.73. The highest BCUT2D eigenvalue weighted by Gasteiger charge is 2.21. The van der Waals surface area contributed by atoms with Crippen LogP contribution in [0, 0.1) is 11.8 Å². The minimum atomic E-state index is -0.00902. The van der Waals surface area contributed by atoms with Crippen LogP contribution in [0.15, 0.2) is 18.5 Å². The zero-order valence-electron chi connectivity index (χ0n) is 14.0. The van der Waals surface area contributed by atoms with Gasteiger partial charge in [0.15, 0.2) is 0 Å². The lowest BCUT2D eigenvalue weighted by Crippen LogP contribution is -2.45. The Hall–Kier alpha value is -1.56. The third-order valence-corrected chi connectivity index (χ3v) is 4.22. The molecule has 2 atom stereocenters. The zero-order valence-corrected chi connectivity index (χ0v) is 14.0. The van der Waals surface area contributed by atoms with E-state index in [0.717, 1.165) is 38.0 Å². The molecule has 1 fully saturated rings. The van der Waals surface area contributed by atoms with E-state index in [1.165, 1.54) is 6.42 Å². The number of hydrogen-bond acceptors (Lipinski definition) is 3. The number of carbonyl (C=O) groups excluding carboxylic acids is 1. The molecule has 6 nitrogen and oxygen atoms in total. The van der Waals surface area contributed by atoms with Gasteiger partial charge in [0, 0.05) is 52.2 Å². The predicted molar refractivity (Wildman–Crippen MR) is 87.6 cm³/mol. The number of nitrogens with zero attached hydrogens (tertiary/aromatic N) is 4. The molecule has 0 aliphatic carbocycles. The summed E-state index contributed by atoms with van der Waals surface area (Å²) in [5.41, 5.74) is 0. The molecule has 22 heavy (non-hydrogen) atoms. The van der Waals surface area contributed by atoms with Crippen LogP contribution in [0.2, 0.25) is 0 Å². The van der Waals surface area contributed by atoms with Gasteiger partial charge in [0.2, 0.25) is 0 Å². The fourth-order valence-electron chi connectivity index (χ4n) is 3.22. The van der Waals surface area contributed by atoms with Gasteiger partial charge in [0.05, 0.1) is 6.54 Å². The van der Waals surface area contributed by atoms with Crippen molar-refractivity contribution in [2.75, 3.05) is 39.8 Å². The van der Waals surface area contributed by atoms with Crippen LogP contribution in [-0.2, 0) is 6.54 Å². The van der Waals surface area contributed by atoms with E-state index in [2.05, 4.69) is 29.2 Å². The Bertz CT molecular complexity index is 437. The van der Waals surface area contributed by atoms with Crippen LogP contribution < -0.4 is 5.32 Å². The smallest absolute Gasteiger partial charge is 0.317 e. The quantitative estimate of drug-likeness (QED) is 0.866. The number of aromatic nitrogens is 2. The highest BCUT2D eigenvalue weighted by atomic mass is 16.2. The molecule has 0 aromatic carbocycles. The number of rotatable bonds is 6. The largest absolute Gasteiger partial charge is 0.337 e. The molecule has 1 saturated heterocycles. The first-order valence-electron chi connectivity index (χ1n) is 8.23. The summed E-state index contributed by atoms with van der Waals surface area (Å²) in [4.78, 5) is 16.2. The minimum Gasteiger partial charge on any atom is -0.337 e. The standard InChI is InChI=1S/C16H29N5O/c1-14-11-15(2)13-20(12-14)8-6-17-16(22)19(3)9-10-21-7-4-5-18-21/h4-5,7,14-15H,6,8-13H2,1-3H3,(H,17,22)/t14-,15-/m1/s1. The van der Waals surface area contributed by atoms with Gasteiger partial charge in [-0.2, -0.15) is 5.10 Å². The number of likely N-dealkylation sites (N-methyl/N-ethyl adjacent to an activating group) is 1. The Balaban J connectivity index is 1.62. The lowest BCUT2D eigenvalue weighted by Gasteiger charge is -2.35. The van der Waals surface area contributed by atoms with Crippen molar-refractivity contribution in [3.8, 4) is 0 Å². The Labute approximate surface area is 133 Å². The molecule has 2 amide bonds. The normalized spacial score (nSPS) is 22.5. The Morgan fingerprint density at radius 2 is 2.05 bits per heavy atom. The van der Waals surface area contributed by atoms with Crippen LogP contribution in [0.5, 0.6) is 0 Å². The van der Waals surface area contributed by atoms with Crippen molar-refractivity contribution < 1.29 is 4.79 Å². The van der Waals surface area contributed by atoms with Crippen LogP contribution >= 0.6 is 0 Å². The van der Waals surface area contributed by atoms with Crippen molar-refractivity contribution in [3.05, 3.63) is 18.5 Å². The van der Waals surface area contributed by atoms with E-state index in [1.807, 2.05) is 24.0 Å². The zero-order chi connectivity index (χ0) is 15.9. The summed E-state index contributed by atoms with van der Waals surface area (Å²) in [7, 11) is 1.82. The van der Waals surface area contributed by atoms with Gasteiger partial charge in [-0.1, -0.05) is 13.8 Å². The summed E-state index contributed by atoms with van der Waals surface area (Å²) in [6.07, 6.45) is 4.98. The van der Waals surface area contributed by atoms with E-state index >= 15 is 0 Å². The maximum atomic E-state index is 12.0. The average molecular weight is 307 g/mol. The second-order valence-electron chi connectivity index (χ2n) is 6.63. The molecule has 2 rings (SSSR count). The molecular formula is C16H29N5O. The molecular weight excluding hydrogens is 278 g/mol. The molecule has 1 N–H and O–H groups in total. The number of hydrogen-bond donors (Lipinski definition) is 1. The Morgan fingerprint density at radius 1 is 1.32 bits per heavy atom. The molecule has 1 aromatic rings. The van der Waals surface area contributed by atoms with Gasteiger partial charge in [-0.3, -0.25) is 4.68 Å². The number of piperidine rings is 1. The number of urea groups is 1. The van der Waals surface area contributed by atoms with E-state index in [4.69, 9.17) is 0 Å². The van der Waals surface area contributed by atoms with E-state index in [-0.39, 0.29) is 6.03 Å². The summed E-state index contributed by atoms with van der Waals surface area (Å²) in [5, 5.41) is 7.14. The Kier molecular flexibility index (Phi) is 6.24. The number of carbonyl (C=O) groups is 1. The second-order valence-corrected chi connectivity index (χ2v) is 6.63.